The number of aromatic amines is 1. The Hall–Kier alpha value is -2.19. The van der Waals surface area contributed by atoms with E-state index in [0.29, 0.717) is 6.42 Å². The molecule has 1 aliphatic heterocycles. The van der Waals surface area contributed by atoms with Crippen LogP contribution in [0, 0.1) is 0 Å². The number of aromatic nitrogens is 4. The first-order valence-corrected chi connectivity index (χ1v) is 5.78. The molecule has 3 atom stereocenters. The summed E-state index contributed by atoms with van der Waals surface area (Å²) in [7, 11) is 0. The third kappa shape index (κ3) is 1.81. The quantitative estimate of drug-likeness (QED) is 0.630. The molecule has 8 heteroatoms. The predicted octanol–water partition coefficient (Wildman–Crippen LogP) is -0.464. The second-order valence-corrected chi connectivity index (χ2v) is 4.38. The van der Waals surface area contributed by atoms with Crippen LogP contribution in [0.2, 0.25) is 0 Å². The molecule has 8 nitrogen and oxygen atoms in total. The molecule has 2 aromatic heterocycles. The molecule has 2 aromatic rings. The lowest BCUT2D eigenvalue weighted by atomic mass is 10.2. The van der Waals surface area contributed by atoms with Gasteiger partial charge in [-0.3, -0.25) is 14.3 Å². The Morgan fingerprint density at radius 1 is 1.68 bits per heavy atom. The Balaban J connectivity index is 2.11. The Bertz CT molecular complexity index is 691. The van der Waals surface area contributed by atoms with Crippen molar-refractivity contribution in [3.8, 4) is 0 Å². The zero-order valence-electron chi connectivity index (χ0n) is 9.98. The number of nitrogen functional groups attached to an aromatic ring is 1. The molecule has 0 amide bonds. The number of nitrogens with one attached hydrogen (secondary N) is 1. The minimum absolute atomic E-state index is 0.00740. The molecule has 4 N–H and O–H groups in total. The number of fused-ring (bicyclic) bond motifs is 1. The number of nitrogens with two attached hydrogens (primary N) is 1. The van der Waals surface area contributed by atoms with Gasteiger partial charge in [0.25, 0.3) is 5.56 Å². The highest BCUT2D eigenvalue weighted by Crippen LogP contribution is 2.30. The van der Waals surface area contributed by atoms with E-state index in [0.717, 1.165) is 0 Å². The van der Waals surface area contributed by atoms with Crippen LogP contribution in [0.1, 0.15) is 12.6 Å². The van der Waals surface area contributed by atoms with Gasteiger partial charge in [-0.1, -0.05) is 6.08 Å². The summed E-state index contributed by atoms with van der Waals surface area (Å²) in [6, 6.07) is 0. The van der Waals surface area contributed by atoms with Crippen molar-refractivity contribution >= 4 is 17.1 Å². The number of imidazole rings is 1. The highest BCUT2D eigenvalue weighted by Gasteiger charge is 2.34. The molecular weight excluding hydrogens is 250 g/mol. The maximum atomic E-state index is 11.7. The monoisotopic (exact) mass is 263 g/mol. The molecule has 19 heavy (non-hydrogen) atoms. The molecule has 3 rings (SSSR count). The van der Waals surface area contributed by atoms with Gasteiger partial charge in [-0.2, -0.15) is 4.98 Å². The summed E-state index contributed by atoms with van der Waals surface area (Å²) in [6.07, 6.45) is 1.86. The number of anilines is 1. The van der Waals surface area contributed by atoms with E-state index in [1.165, 1.54) is 10.9 Å². The van der Waals surface area contributed by atoms with Crippen LogP contribution in [0.15, 0.2) is 23.8 Å². The van der Waals surface area contributed by atoms with Gasteiger partial charge in [-0.25, -0.2) is 4.98 Å². The summed E-state index contributed by atoms with van der Waals surface area (Å²) in [5.74, 6) is -0.00740. The van der Waals surface area contributed by atoms with E-state index in [4.69, 9.17) is 10.5 Å². The number of aliphatic hydroxyl groups is 1. The van der Waals surface area contributed by atoms with E-state index in [2.05, 4.69) is 21.5 Å². The number of hydrogen-bond donors (Lipinski definition) is 3. The minimum atomic E-state index is -0.720. The molecule has 0 spiro atoms. The van der Waals surface area contributed by atoms with Crippen molar-refractivity contribution in [2.24, 2.45) is 0 Å². The van der Waals surface area contributed by atoms with E-state index < -0.39 is 17.9 Å². The van der Waals surface area contributed by atoms with E-state index in [1.807, 2.05) is 0 Å². The van der Waals surface area contributed by atoms with Crippen LogP contribution in [0.5, 0.6) is 0 Å². The SMILES string of the molecule is C=C[C@@H]1C[C@@H](O)[C@H](n2cnc3c(=O)[nH]c(N)nc32)O1. The maximum Gasteiger partial charge on any atom is 0.280 e. The third-order valence-electron chi connectivity index (χ3n) is 3.10. The fourth-order valence-electron chi connectivity index (χ4n) is 2.21. The van der Waals surface area contributed by atoms with Gasteiger partial charge in [0.05, 0.1) is 12.4 Å². The molecule has 0 aromatic carbocycles. The fraction of sp³-hybridized carbons (Fsp3) is 0.364. The van der Waals surface area contributed by atoms with Crippen LogP contribution in [0.4, 0.5) is 5.95 Å². The number of H-pyrrole nitrogens is 1. The maximum absolute atomic E-state index is 11.7. The molecule has 100 valence electrons. The van der Waals surface area contributed by atoms with Crippen LogP contribution < -0.4 is 11.3 Å². The Labute approximate surface area is 107 Å². The predicted molar refractivity (Wildman–Crippen MR) is 67.3 cm³/mol. The van der Waals surface area contributed by atoms with Gasteiger partial charge >= 0.3 is 0 Å². The van der Waals surface area contributed by atoms with Gasteiger partial charge in [-0.15, -0.1) is 6.58 Å². The molecule has 0 aliphatic carbocycles. The van der Waals surface area contributed by atoms with Gasteiger partial charge < -0.3 is 15.6 Å². The summed E-state index contributed by atoms with van der Waals surface area (Å²) in [6.45, 7) is 3.63. The number of nitrogens with zero attached hydrogens (tertiary/aromatic N) is 3. The first-order chi connectivity index (χ1) is 9.10. The summed E-state index contributed by atoms with van der Waals surface area (Å²) >= 11 is 0. The summed E-state index contributed by atoms with van der Waals surface area (Å²) in [5, 5.41) is 9.99. The van der Waals surface area contributed by atoms with Gasteiger partial charge in [0.15, 0.2) is 17.4 Å². The van der Waals surface area contributed by atoms with Crippen LogP contribution in [0.3, 0.4) is 0 Å². The highest BCUT2D eigenvalue weighted by molar-refractivity contribution is 5.70. The van der Waals surface area contributed by atoms with Crippen molar-refractivity contribution in [2.75, 3.05) is 5.73 Å². The van der Waals surface area contributed by atoms with Crippen molar-refractivity contribution < 1.29 is 9.84 Å². The standard InChI is InChI=1S/C11H13N5O3/c1-2-5-3-6(17)10(19-5)16-4-13-7-8(16)14-11(12)15-9(7)18/h2,4-6,10,17H,1,3H2,(H3,12,14,15,18)/t5-,6-,10-/m1/s1. The molecular formula is C11H13N5O3. The first-order valence-electron chi connectivity index (χ1n) is 5.78. The zero-order chi connectivity index (χ0) is 13.6. The van der Waals surface area contributed by atoms with E-state index >= 15 is 0 Å². The molecule has 0 radical (unpaired) electrons. The second-order valence-electron chi connectivity index (χ2n) is 4.38. The van der Waals surface area contributed by atoms with Crippen LogP contribution in [-0.2, 0) is 4.74 Å². The molecule has 1 fully saturated rings. The lowest BCUT2D eigenvalue weighted by Crippen LogP contribution is -2.20. The molecule has 3 heterocycles. The molecule has 0 unspecified atom stereocenters. The van der Waals surface area contributed by atoms with Gasteiger partial charge in [-0.05, 0) is 0 Å². The second kappa shape index (κ2) is 4.18. The largest absolute Gasteiger partial charge is 0.388 e. The summed E-state index contributed by atoms with van der Waals surface area (Å²) < 4.78 is 7.13. The lowest BCUT2D eigenvalue weighted by Gasteiger charge is -2.16. The Morgan fingerprint density at radius 3 is 3.16 bits per heavy atom. The third-order valence-corrected chi connectivity index (χ3v) is 3.10. The lowest BCUT2D eigenvalue weighted by molar-refractivity contribution is -0.0227. The minimum Gasteiger partial charge on any atom is -0.388 e. The van der Waals surface area contributed by atoms with E-state index in [9.17, 15) is 9.90 Å². The number of aliphatic hydroxyl groups excluding tert-OH is 1. The summed E-state index contributed by atoms with van der Waals surface area (Å²) in [4.78, 5) is 22.0. The topological polar surface area (TPSA) is 119 Å². The van der Waals surface area contributed by atoms with Crippen molar-refractivity contribution in [1.29, 1.82) is 0 Å². The first kappa shape index (κ1) is 11.9. The average Bonchev–Trinajstić information content (AvgIpc) is 2.92. The van der Waals surface area contributed by atoms with Gasteiger partial charge in [0.1, 0.15) is 6.10 Å². The molecule has 1 aliphatic rings. The molecule has 0 bridgehead atoms. The smallest absolute Gasteiger partial charge is 0.280 e. The van der Waals surface area contributed by atoms with Crippen molar-refractivity contribution in [3.63, 3.8) is 0 Å². The highest BCUT2D eigenvalue weighted by atomic mass is 16.5. The summed E-state index contributed by atoms with van der Waals surface area (Å²) in [5.41, 5.74) is 5.54. The van der Waals surface area contributed by atoms with Gasteiger partial charge in [0.2, 0.25) is 5.95 Å². The van der Waals surface area contributed by atoms with E-state index in [1.54, 1.807) is 6.08 Å². The average molecular weight is 263 g/mol. The van der Waals surface area contributed by atoms with Crippen LogP contribution >= 0.6 is 0 Å². The Kier molecular flexibility index (Phi) is 2.61. The normalized spacial score (nSPS) is 26.9. The number of hydrogen-bond acceptors (Lipinski definition) is 6. The van der Waals surface area contributed by atoms with Crippen LogP contribution in [0.25, 0.3) is 11.2 Å². The molecule has 1 saturated heterocycles. The van der Waals surface area contributed by atoms with Crippen molar-refractivity contribution in [2.45, 2.75) is 24.9 Å². The Morgan fingerprint density at radius 2 is 2.47 bits per heavy atom. The fourth-order valence-corrected chi connectivity index (χ4v) is 2.21. The zero-order valence-corrected chi connectivity index (χ0v) is 9.98. The number of rotatable bonds is 2. The number of ether oxygens (including phenoxy) is 1. The van der Waals surface area contributed by atoms with Crippen molar-refractivity contribution in [3.05, 3.63) is 29.3 Å². The van der Waals surface area contributed by atoms with Crippen molar-refractivity contribution in [1.82, 2.24) is 19.5 Å². The van der Waals surface area contributed by atoms with Gasteiger partial charge in [0, 0.05) is 6.42 Å². The van der Waals surface area contributed by atoms with Crippen LogP contribution in [-0.4, -0.2) is 36.8 Å². The molecule has 0 saturated carbocycles. The van der Waals surface area contributed by atoms with E-state index in [-0.39, 0.29) is 23.2 Å².